The number of nitrogens with zero attached hydrogens (tertiary/aromatic N) is 1. The molecule has 0 bridgehead atoms. The van der Waals surface area contributed by atoms with E-state index in [-0.39, 0.29) is 5.69 Å². The van der Waals surface area contributed by atoms with Crippen molar-refractivity contribution in [1.29, 1.82) is 0 Å². The van der Waals surface area contributed by atoms with Gasteiger partial charge in [-0.2, -0.15) is 11.8 Å². The fourth-order valence-corrected chi connectivity index (χ4v) is 1.72. The Balaban J connectivity index is 2.90. The van der Waals surface area contributed by atoms with Crippen LogP contribution < -0.4 is 5.73 Å². The van der Waals surface area contributed by atoms with Crippen molar-refractivity contribution in [2.75, 3.05) is 11.5 Å². The van der Waals surface area contributed by atoms with Gasteiger partial charge in [0.25, 0.3) is 5.69 Å². The van der Waals surface area contributed by atoms with Crippen molar-refractivity contribution in [1.82, 2.24) is 0 Å². The summed E-state index contributed by atoms with van der Waals surface area (Å²) in [4.78, 5) is 10.1. The second-order valence-electron chi connectivity index (χ2n) is 2.78. The van der Waals surface area contributed by atoms with Crippen LogP contribution in [0.5, 0.6) is 0 Å². The minimum Gasteiger partial charge on any atom is -0.398 e. The highest BCUT2D eigenvalue weighted by atomic mass is 32.2. The lowest BCUT2D eigenvalue weighted by molar-refractivity contribution is -0.384. The first-order valence-electron chi connectivity index (χ1n) is 4.25. The zero-order chi connectivity index (χ0) is 10.6. The fourth-order valence-electron chi connectivity index (χ4n) is 1.04. The summed E-state index contributed by atoms with van der Waals surface area (Å²) in [6, 6.07) is 4.55. The van der Waals surface area contributed by atoms with E-state index in [1.807, 2.05) is 6.92 Å². The monoisotopic (exact) mass is 212 g/mol. The Bertz CT molecular complexity index is 342. The number of non-ortho nitro benzene ring substituents is 1. The van der Waals surface area contributed by atoms with Crippen molar-refractivity contribution >= 4 is 23.1 Å². The van der Waals surface area contributed by atoms with Gasteiger partial charge in [-0.05, 0) is 17.4 Å². The number of rotatable bonds is 4. The predicted molar refractivity (Wildman–Crippen MR) is 59.3 cm³/mol. The van der Waals surface area contributed by atoms with Crippen molar-refractivity contribution in [3.63, 3.8) is 0 Å². The van der Waals surface area contributed by atoms with Gasteiger partial charge in [-0.3, -0.25) is 10.1 Å². The number of nitrogen functional groups attached to an aromatic ring is 1. The molecule has 0 radical (unpaired) electrons. The van der Waals surface area contributed by atoms with Gasteiger partial charge in [0.15, 0.2) is 0 Å². The smallest absolute Gasteiger partial charge is 0.269 e. The number of benzene rings is 1. The molecule has 0 spiro atoms. The van der Waals surface area contributed by atoms with Gasteiger partial charge in [-0.15, -0.1) is 0 Å². The normalized spacial score (nSPS) is 10.1. The van der Waals surface area contributed by atoms with Crippen LogP contribution in [0.15, 0.2) is 18.2 Å². The van der Waals surface area contributed by atoms with Crippen molar-refractivity contribution in [3.8, 4) is 0 Å². The molecule has 0 saturated heterocycles. The van der Waals surface area contributed by atoms with Gasteiger partial charge >= 0.3 is 0 Å². The summed E-state index contributed by atoms with van der Waals surface area (Å²) in [7, 11) is 0. The molecule has 0 amide bonds. The molecule has 0 aliphatic heterocycles. The number of anilines is 1. The Morgan fingerprint density at radius 2 is 2.29 bits per heavy atom. The Labute approximate surface area is 86.6 Å². The highest BCUT2D eigenvalue weighted by Crippen LogP contribution is 2.23. The molecule has 4 nitrogen and oxygen atoms in total. The Hall–Kier alpha value is -1.23. The lowest BCUT2D eigenvalue weighted by Crippen LogP contribution is -1.95. The highest BCUT2D eigenvalue weighted by Gasteiger charge is 2.08. The van der Waals surface area contributed by atoms with E-state index in [0.29, 0.717) is 5.69 Å². The van der Waals surface area contributed by atoms with E-state index in [4.69, 9.17) is 5.73 Å². The van der Waals surface area contributed by atoms with Crippen LogP contribution in [0.2, 0.25) is 0 Å². The molecule has 14 heavy (non-hydrogen) atoms. The molecule has 0 saturated carbocycles. The van der Waals surface area contributed by atoms with Crippen LogP contribution in [-0.2, 0) is 5.75 Å². The number of thioether (sulfide) groups is 1. The first-order chi connectivity index (χ1) is 6.65. The summed E-state index contributed by atoms with van der Waals surface area (Å²) in [5.41, 5.74) is 7.26. The summed E-state index contributed by atoms with van der Waals surface area (Å²) < 4.78 is 0. The van der Waals surface area contributed by atoms with E-state index in [1.54, 1.807) is 17.8 Å². The molecule has 0 atom stereocenters. The molecule has 0 aliphatic rings. The lowest BCUT2D eigenvalue weighted by atomic mass is 10.2. The molecular weight excluding hydrogens is 200 g/mol. The Kier molecular flexibility index (Phi) is 3.76. The molecule has 76 valence electrons. The molecule has 0 aliphatic carbocycles. The van der Waals surface area contributed by atoms with Gasteiger partial charge < -0.3 is 5.73 Å². The van der Waals surface area contributed by atoms with Gasteiger partial charge in [0.2, 0.25) is 0 Å². The van der Waals surface area contributed by atoms with Crippen LogP contribution in [0.25, 0.3) is 0 Å². The van der Waals surface area contributed by atoms with E-state index in [9.17, 15) is 10.1 Å². The van der Waals surface area contributed by atoms with Crippen molar-refractivity contribution in [2.45, 2.75) is 12.7 Å². The summed E-state index contributed by atoms with van der Waals surface area (Å²) in [6.45, 7) is 2.04. The van der Waals surface area contributed by atoms with Gasteiger partial charge in [-0.25, -0.2) is 0 Å². The highest BCUT2D eigenvalue weighted by molar-refractivity contribution is 7.98. The van der Waals surface area contributed by atoms with Crippen LogP contribution in [0.1, 0.15) is 12.5 Å². The maximum atomic E-state index is 10.5. The third-order valence-electron chi connectivity index (χ3n) is 1.80. The molecule has 1 rings (SSSR count). The molecule has 2 N–H and O–H groups in total. The maximum Gasteiger partial charge on any atom is 0.269 e. The summed E-state index contributed by atoms with van der Waals surface area (Å²) in [6.07, 6.45) is 0. The van der Waals surface area contributed by atoms with Crippen LogP contribution in [0.4, 0.5) is 11.4 Å². The first kappa shape index (κ1) is 10.8. The van der Waals surface area contributed by atoms with E-state index >= 15 is 0 Å². The van der Waals surface area contributed by atoms with Gasteiger partial charge in [0, 0.05) is 23.6 Å². The third-order valence-corrected chi connectivity index (χ3v) is 2.72. The summed E-state index contributed by atoms with van der Waals surface area (Å²) in [5, 5.41) is 10.5. The zero-order valence-corrected chi connectivity index (χ0v) is 8.71. The van der Waals surface area contributed by atoms with Gasteiger partial charge in [0.05, 0.1) is 4.92 Å². The average molecular weight is 212 g/mol. The summed E-state index contributed by atoms with van der Waals surface area (Å²) >= 11 is 1.69. The minimum atomic E-state index is -0.403. The molecular formula is C9H12N2O2S. The standard InChI is InChI=1S/C9H12N2O2S/c1-2-14-6-7-5-8(11(12)13)3-4-9(7)10/h3-5H,2,6,10H2,1H3. The first-order valence-corrected chi connectivity index (χ1v) is 5.41. The van der Waals surface area contributed by atoms with Crippen LogP contribution >= 0.6 is 11.8 Å². The van der Waals surface area contributed by atoms with E-state index in [1.165, 1.54) is 12.1 Å². The molecule has 0 aromatic heterocycles. The second kappa shape index (κ2) is 4.85. The van der Waals surface area contributed by atoms with Gasteiger partial charge in [-0.1, -0.05) is 6.92 Å². The molecule has 0 heterocycles. The van der Waals surface area contributed by atoms with Crippen LogP contribution in [-0.4, -0.2) is 10.7 Å². The van der Waals surface area contributed by atoms with E-state index < -0.39 is 4.92 Å². The number of nitrogens with two attached hydrogens (primary N) is 1. The van der Waals surface area contributed by atoms with Crippen molar-refractivity contribution in [3.05, 3.63) is 33.9 Å². The van der Waals surface area contributed by atoms with Gasteiger partial charge in [0.1, 0.15) is 0 Å². The van der Waals surface area contributed by atoms with Crippen molar-refractivity contribution in [2.24, 2.45) is 0 Å². The van der Waals surface area contributed by atoms with Crippen LogP contribution in [0.3, 0.4) is 0 Å². The van der Waals surface area contributed by atoms with Crippen LogP contribution in [0, 0.1) is 10.1 Å². The third kappa shape index (κ3) is 2.63. The number of hydrogen-bond acceptors (Lipinski definition) is 4. The lowest BCUT2D eigenvalue weighted by Gasteiger charge is -2.03. The Morgan fingerprint density at radius 1 is 1.57 bits per heavy atom. The number of nitro benzene ring substituents is 1. The minimum absolute atomic E-state index is 0.103. The number of hydrogen-bond donors (Lipinski definition) is 1. The zero-order valence-electron chi connectivity index (χ0n) is 7.90. The molecule has 0 unspecified atom stereocenters. The molecule has 0 fully saturated rings. The number of nitro groups is 1. The SMILES string of the molecule is CCSCc1cc([N+](=O)[O-])ccc1N. The molecule has 1 aromatic rings. The Morgan fingerprint density at radius 3 is 2.86 bits per heavy atom. The maximum absolute atomic E-state index is 10.5. The predicted octanol–water partition coefficient (Wildman–Crippen LogP) is 2.43. The van der Waals surface area contributed by atoms with Crippen molar-refractivity contribution < 1.29 is 4.92 Å². The van der Waals surface area contributed by atoms with E-state index in [0.717, 1.165) is 17.1 Å². The average Bonchev–Trinajstić information content (AvgIpc) is 2.16. The largest absolute Gasteiger partial charge is 0.398 e. The van der Waals surface area contributed by atoms with E-state index in [2.05, 4.69) is 0 Å². The topological polar surface area (TPSA) is 69.2 Å². The summed E-state index contributed by atoms with van der Waals surface area (Å²) in [5.74, 6) is 1.70. The second-order valence-corrected chi connectivity index (χ2v) is 4.05. The fraction of sp³-hybridized carbons (Fsp3) is 0.333. The molecule has 5 heteroatoms. The quantitative estimate of drug-likeness (QED) is 0.472. The molecule has 1 aromatic carbocycles.